The third-order valence-corrected chi connectivity index (χ3v) is 4.41. The van der Waals surface area contributed by atoms with Crippen molar-refractivity contribution in [1.29, 1.82) is 0 Å². The number of benzene rings is 2. The van der Waals surface area contributed by atoms with E-state index < -0.39 is 11.8 Å². The Morgan fingerprint density at radius 3 is 2.59 bits per heavy atom. The van der Waals surface area contributed by atoms with Gasteiger partial charge in [-0.05, 0) is 30.2 Å². The number of aryl methyl sites for hydroxylation is 2. The van der Waals surface area contributed by atoms with Gasteiger partial charge in [0.15, 0.2) is 0 Å². The standard InChI is InChI=1S/C20H16N4O3/c25-18(14-6-7-15-16(12-14)20(27)23-19(15)26)22-17-8-10-21-24(17)11-9-13-4-2-1-3-5-13/h1-8,10,12H,9,11H2,(H,22,25)(H,23,26,27). The van der Waals surface area contributed by atoms with Gasteiger partial charge in [-0.3, -0.25) is 19.7 Å². The highest BCUT2D eigenvalue weighted by molar-refractivity contribution is 6.22. The third-order valence-electron chi connectivity index (χ3n) is 4.41. The molecule has 0 atom stereocenters. The molecule has 0 saturated heterocycles. The summed E-state index contributed by atoms with van der Waals surface area (Å²) in [4.78, 5) is 35.9. The summed E-state index contributed by atoms with van der Waals surface area (Å²) in [5, 5.41) is 9.27. The smallest absolute Gasteiger partial charge is 0.258 e. The lowest BCUT2D eigenvalue weighted by Crippen LogP contribution is -2.20. The molecule has 27 heavy (non-hydrogen) atoms. The van der Waals surface area contributed by atoms with Crippen LogP contribution >= 0.6 is 0 Å². The van der Waals surface area contributed by atoms with Crippen molar-refractivity contribution in [3.8, 4) is 0 Å². The molecule has 0 saturated carbocycles. The van der Waals surface area contributed by atoms with Crippen LogP contribution in [0.2, 0.25) is 0 Å². The van der Waals surface area contributed by atoms with Gasteiger partial charge in [0.05, 0.1) is 17.3 Å². The Hall–Kier alpha value is -3.74. The fourth-order valence-electron chi connectivity index (χ4n) is 2.99. The van der Waals surface area contributed by atoms with E-state index in [2.05, 4.69) is 15.7 Å². The predicted octanol–water partition coefficient (Wildman–Crippen LogP) is 2.26. The Balaban J connectivity index is 1.48. The molecule has 2 aromatic carbocycles. The van der Waals surface area contributed by atoms with Gasteiger partial charge in [0.2, 0.25) is 0 Å². The fraction of sp³-hybridized carbons (Fsp3) is 0.100. The number of rotatable bonds is 5. The third kappa shape index (κ3) is 3.35. The van der Waals surface area contributed by atoms with Gasteiger partial charge in [0.1, 0.15) is 5.82 Å². The SMILES string of the molecule is O=C(Nc1ccnn1CCc1ccccc1)c1ccc2c(c1)C(=O)NC2=O. The number of carbonyl (C=O) groups excluding carboxylic acids is 3. The minimum Gasteiger partial charge on any atom is -0.307 e. The molecular formula is C20H16N4O3. The van der Waals surface area contributed by atoms with E-state index in [9.17, 15) is 14.4 Å². The van der Waals surface area contributed by atoms with Crippen molar-refractivity contribution >= 4 is 23.5 Å². The van der Waals surface area contributed by atoms with E-state index in [4.69, 9.17) is 0 Å². The Bertz CT molecular complexity index is 1040. The number of hydrogen-bond donors (Lipinski definition) is 2. The number of nitrogens with zero attached hydrogens (tertiary/aromatic N) is 2. The second kappa shape index (κ2) is 6.87. The van der Waals surface area contributed by atoms with Crippen LogP contribution in [0, 0.1) is 0 Å². The van der Waals surface area contributed by atoms with Crippen LogP contribution in [0.5, 0.6) is 0 Å². The van der Waals surface area contributed by atoms with Gasteiger partial charge in [-0.25, -0.2) is 4.68 Å². The average Bonchev–Trinajstić information content (AvgIpc) is 3.24. The summed E-state index contributed by atoms with van der Waals surface area (Å²) in [6, 6.07) is 16.2. The summed E-state index contributed by atoms with van der Waals surface area (Å²) in [5.74, 6) is -0.734. The quantitative estimate of drug-likeness (QED) is 0.683. The lowest BCUT2D eigenvalue weighted by molar-refractivity contribution is 0.0879. The van der Waals surface area contributed by atoms with E-state index in [0.29, 0.717) is 17.9 Å². The van der Waals surface area contributed by atoms with Crippen molar-refractivity contribution in [3.63, 3.8) is 0 Å². The molecule has 4 rings (SSSR count). The number of carbonyl (C=O) groups is 3. The fourth-order valence-corrected chi connectivity index (χ4v) is 2.99. The van der Waals surface area contributed by atoms with Crippen molar-refractivity contribution in [2.75, 3.05) is 5.32 Å². The molecule has 2 N–H and O–H groups in total. The first kappa shape index (κ1) is 16.7. The molecule has 1 aromatic heterocycles. The van der Waals surface area contributed by atoms with Gasteiger partial charge in [-0.15, -0.1) is 0 Å². The van der Waals surface area contributed by atoms with E-state index in [1.54, 1.807) is 16.9 Å². The van der Waals surface area contributed by atoms with Crippen LogP contribution in [-0.2, 0) is 13.0 Å². The lowest BCUT2D eigenvalue weighted by atomic mass is 10.1. The van der Waals surface area contributed by atoms with E-state index in [-0.39, 0.29) is 17.0 Å². The van der Waals surface area contributed by atoms with Crippen LogP contribution in [0.4, 0.5) is 5.82 Å². The zero-order chi connectivity index (χ0) is 18.8. The van der Waals surface area contributed by atoms with Crippen molar-refractivity contribution in [2.45, 2.75) is 13.0 Å². The van der Waals surface area contributed by atoms with E-state index in [1.807, 2.05) is 30.3 Å². The normalized spacial score (nSPS) is 12.6. The molecule has 0 bridgehead atoms. The molecule has 134 valence electrons. The number of amides is 3. The van der Waals surface area contributed by atoms with Crippen LogP contribution in [0.3, 0.4) is 0 Å². The maximum absolute atomic E-state index is 12.6. The van der Waals surface area contributed by atoms with Crippen molar-refractivity contribution in [3.05, 3.63) is 83.0 Å². The van der Waals surface area contributed by atoms with Gasteiger partial charge >= 0.3 is 0 Å². The van der Waals surface area contributed by atoms with Crippen molar-refractivity contribution in [1.82, 2.24) is 15.1 Å². The maximum Gasteiger partial charge on any atom is 0.258 e. The van der Waals surface area contributed by atoms with Crippen LogP contribution in [0.1, 0.15) is 36.6 Å². The Morgan fingerprint density at radius 1 is 1.00 bits per heavy atom. The van der Waals surface area contributed by atoms with Gasteiger partial charge in [0.25, 0.3) is 17.7 Å². The van der Waals surface area contributed by atoms with E-state index in [0.717, 1.165) is 6.42 Å². The van der Waals surface area contributed by atoms with E-state index >= 15 is 0 Å². The predicted molar refractivity (Wildman–Crippen MR) is 98.6 cm³/mol. The number of imide groups is 1. The Kier molecular flexibility index (Phi) is 4.25. The molecule has 1 aliphatic heterocycles. The highest BCUT2D eigenvalue weighted by atomic mass is 16.2. The zero-order valence-corrected chi connectivity index (χ0v) is 14.3. The number of nitrogens with one attached hydrogen (secondary N) is 2. The topological polar surface area (TPSA) is 93.1 Å². The summed E-state index contributed by atoms with van der Waals surface area (Å²) in [6.07, 6.45) is 2.40. The van der Waals surface area contributed by atoms with Crippen LogP contribution in [0.25, 0.3) is 0 Å². The first-order valence-electron chi connectivity index (χ1n) is 8.48. The van der Waals surface area contributed by atoms with Gasteiger partial charge in [0, 0.05) is 18.2 Å². The van der Waals surface area contributed by atoms with Crippen LogP contribution in [0.15, 0.2) is 60.8 Å². The molecule has 0 fully saturated rings. The molecule has 1 aliphatic rings. The summed E-state index contributed by atoms with van der Waals surface area (Å²) >= 11 is 0. The first-order valence-corrected chi connectivity index (χ1v) is 8.48. The Morgan fingerprint density at radius 2 is 1.78 bits per heavy atom. The molecule has 3 amide bonds. The number of anilines is 1. The molecular weight excluding hydrogens is 344 g/mol. The van der Waals surface area contributed by atoms with Gasteiger partial charge in [-0.2, -0.15) is 5.10 Å². The number of hydrogen-bond acceptors (Lipinski definition) is 4. The Labute approximate surface area is 155 Å². The van der Waals surface area contributed by atoms with Crippen LogP contribution in [-0.4, -0.2) is 27.5 Å². The molecule has 7 heteroatoms. The first-order chi connectivity index (χ1) is 13.1. The maximum atomic E-state index is 12.6. The largest absolute Gasteiger partial charge is 0.307 e. The van der Waals surface area contributed by atoms with Crippen LogP contribution < -0.4 is 10.6 Å². The molecule has 0 unspecified atom stereocenters. The second-order valence-electron chi connectivity index (χ2n) is 6.17. The molecule has 0 radical (unpaired) electrons. The minimum absolute atomic E-state index is 0.213. The monoisotopic (exact) mass is 360 g/mol. The molecule has 3 aromatic rings. The molecule has 7 nitrogen and oxygen atoms in total. The molecule has 0 aliphatic carbocycles. The summed E-state index contributed by atoms with van der Waals surface area (Å²) in [6.45, 7) is 0.619. The second-order valence-corrected chi connectivity index (χ2v) is 6.17. The highest BCUT2D eigenvalue weighted by Crippen LogP contribution is 2.18. The average molecular weight is 360 g/mol. The summed E-state index contributed by atoms with van der Waals surface area (Å²) in [5.41, 5.74) is 1.98. The number of fused-ring (bicyclic) bond motifs is 1. The number of aromatic nitrogens is 2. The minimum atomic E-state index is -0.488. The van der Waals surface area contributed by atoms with E-state index in [1.165, 1.54) is 23.8 Å². The highest BCUT2D eigenvalue weighted by Gasteiger charge is 2.27. The molecule has 0 spiro atoms. The lowest BCUT2D eigenvalue weighted by Gasteiger charge is -2.09. The van der Waals surface area contributed by atoms with Gasteiger partial charge in [-0.1, -0.05) is 30.3 Å². The zero-order valence-electron chi connectivity index (χ0n) is 14.3. The van der Waals surface area contributed by atoms with Crippen molar-refractivity contribution in [2.24, 2.45) is 0 Å². The van der Waals surface area contributed by atoms with Gasteiger partial charge < -0.3 is 5.32 Å². The summed E-state index contributed by atoms with van der Waals surface area (Å²) < 4.78 is 1.72. The van der Waals surface area contributed by atoms with Crippen molar-refractivity contribution < 1.29 is 14.4 Å². The summed E-state index contributed by atoms with van der Waals surface area (Å²) in [7, 11) is 0. The molecule has 2 heterocycles.